The van der Waals surface area contributed by atoms with Crippen molar-refractivity contribution in [3.05, 3.63) is 35.4 Å². The summed E-state index contributed by atoms with van der Waals surface area (Å²) in [6.45, 7) is 5.99. The molecule has 0 aromatic heterocycles. The summed E-state index contributed by atoms with van der Waals surface area (Å²) >= 11 is 1.60. The van der Waals surface area contributed by atoms with E-state index in [1.165, 1.54) is 11.1 Å². The standard InChI is InChI=1S/C15H23NO2S/c1-12-4-6-13(7-5-12)10-19-11-14(18)16-15(2,3)8-9-17/h4-7,17H,8-11H2,1-3H3,(H,16,18). The number of hydrogen-bond acceptors (Lipinski definition) is 3. The molecular formula is C15H23NO2S. The van der Waals surface area contributed by atoms with Gasteiger partial charge < -0.3 is 10.4 Å². The lowest BCUT2D eigenvalue weighted by Crippen LogP contribution is -2.44. The van der Waals surface area contributed by atoms with E-state index in [0.717, 1.165) is 5.75 Å². The minimum absolute atomic E-state index is 0.0237. The molecule has 0 saturated carbocycles. The van der Waals surface area contributed by atoms with Gasteiger partial charge in [-0.05, 0) is 32.8 Å². The van der Waals surface area contributed by atoms with Crippen LogP contribution < -0.4 is 5.32 Å². The first-order valence-electron chi connectivity index (χ1n) is 6.48. The van der Waals surface area contributed by atoms with Gasteiger partial charge in [0.05, 0.1) is 5.75 Å². The number of aliphatic hydroxyl groups excluding tert-OH is 1. The van der Waals surface area contributed by atoms with E-state index in [-0.39, 0.29) is 18.1 Å². The van der Waals surface area contributed by atoms with Crippen molar-refractivity contribution in [1.82, 2.24) is 5.32 Å². The molecule has 0 aliphatic carbocycles. The summed E-state index contributed by atoms with van der Waals surface area (Å²) in [6, 6.07) is 8.35. The van der Waals surface area contributed by atoms with Crippen molar-refractivity contribution in [2.45, 2.75) is 38.5 Å². The minimum Gasteiger partial charge on any atom is -0.396 e. The Morgan fingerprint density at radius 1 is 1.32 bits per heavy atom. The fourth-order valence-corrected chi connectivity index (χ4v) is 2.49. The second kappa shape index (κ2) is 7.56. The van der Waals surface area contributed by atoms with Gasteiger partial charge >= 0.3 is 0 Å². The van der Waals surface area contributed by atoms with E-state index in [1.54, 1.807) is 11.8 Å². The number of hydrogen-bond donors (Lipinski definition) is 2. The second-order valence-electron chi connectivity index (χ2n) is 5.38. The Morgan fingerprint density at radius 2 is 1.95 bits per heavy atom. The summed E-state index contributed by atoms with van der Waals surface area (Å²) in [7, 11) is 0. The molecule has 2 N–H and O–H groups in total. The molecule has 0 atom stereocenters. The third-order valence-electron chi connectivity index (χ3n) is 2.84. The number of carbonyl (C=O) groups is 1. The topological polar surface area (TPSA) is 49.3 Å². The first-order chi connectivity index (χ1) is 8.93. The molecule has 4 heteroatoms. The van der Waals surface area contributed by atoms with Gasteiger partial charge in [0.15, 0.2) is 0 Å². The van der Waals surface area contributed by atoms with Crippen LogP contribution >= 0.6 is 11.8 Å². The fourth-order valence-electron chi connectivity index (χ4n) is 1.70. The quantitative estimate of drug-likeness (QED) is 0.807. The third kappa shape index (κ3) is 6.64. The van der Waals surface area contributed by atoms with Gasteiger partial charge in [-0.15, -0.1) is 11.8 Å². The maximum Gasteiger partial charge on any atom is 0.230 e. The van der Waals surface area contributed by atoms with Gasteiger partial charge in [0.1, 0.15) is 0 Å². The van der Waals surface area contributed by atoms with Crippen LogP contribution in [0.1, 0.15) is 31.4 Å². The predicted octanol–water partition coefficient (Wildman–Crippen LogP) is 2.51. The first-order valence-corrected chi connectivity index (χ1v) is 7.63. The average molecular weight is 281 g/mol. The Labute approximate surface area is 119 Å². The van der Waals surface area contributed by atoms with Crippen LogP contribution in [0.2, 0.25) is 0 Å². The van der Waals surface area contributed by atoms with Crippen molar-refractivity contribution in [2.24, 2.45) is 0 Å². The maximum absolute atomic E-state index is 11.8. The number of nitrogens with one attached hydrogen (secondary N) is 1. The molecule has 0 aliphatic rings. The molecule has 0 heterocycles. The van der Waals surface area contributed by atoms with E-state index in [0.29, 0.717) is 12.2 Å². The highest BCUT2D eigenvalue weighted by molar-refractivity contribution is 7.99. The van der Waals surface area contributed by atoms with Crippen LogP contribution in [-0.4, -0.2) is 28.9 Å². The van der Waals surface area contributed by atoms with Crippen molar-refractivity contribution >= 4 is 17.7 Å². The van der Waals surface area contributed by atoms with Crippen LogP contribution in [0, 0.1) is 6.92 Å². The van der Waals surface area contributed by atoms with Gasteiger partial charge in [-0.1, -0.05) is 29.8 Å². The van der Waals surface area contributed by atoms with Gasteiger partial charge in [0.25, 0.3) is 0 Å². The normalized spacial score (nSPS) is 11.4. The molecule has 1 amide bonds. The molecule has 19 heavy (non-hydrogen) atoms. The van der Waals surface area contributed by atoms with E-state index in [2.05, 4.69) is 36.5 Å². The Morgan fingerprint density at radius 3 is 2.53 bits per heavy atom. The summed E-state index contributed by atoms with van der Waals surface area (Å²) in [5.41, 5.74) is 2.14. The number of carbonyl (C=O) groups excluding carboxylic acids is 1. The molecule has 0 radical (unpaired) electrons. The van der Waals surface area contributed by atoms with Gasteiger partial charge in [0, 0.05) is 17.9 Å². The monoisotopic (exact) mass is 281 g/mol. The number of aryl methyl sites for hydroxylation is 1. The van der Waals surface area contributed by atoms with Crippen molar-refractivity contribution in [2.75, 3.05) is 12.4 Å². The maximum atomic E-state index is 11.8. The summed E-state index contributed by atoms with van der Waals surface area (Å²) in [4.78, 5) is 11.8. The molecule has 106 valence electrons. The van der Waals surface area contributed by atoms with Gasteiger partial charge in [-0.2, -0.15) is 0 Å². The fraction of sp³-hybridized carbons (Fsp3) is 0.533. The number of benzene rings is 1. The molecule has 0 spiro atoms. The van der Waals surface area contributed by atoms with Crippen LogP contribution in [0.25, 0.3) is 0 Å². The number of rotatable bonds is 7. The molecular weight excluding hydrogens is 258 g/mol. The average Bonchev–Trinajstić information content (AvgIpc) is 2.30. The largest absolute Gasteiger partial charge is 0.396 e. The third-order valence-corrected chi connectivity index (χ3v) is 3.84. The highest BCUT2D eigenvalue weighted by Crippen LogP contribution is 2.14. The van der Waals surface area contributed by atoms with Gasteiger partial charge in [0.2, 0.25) is 5.91 Å². The molecule has 1 rings (SSSR count). The van der Waals surface area contributed by atoms with E-state index >= 15 is 0 Å². The number of amides is 1. The summed E-state index contributed by atoms with van der Waals surface area (Å²) in [5, 5.41) is 11.8. The predicted molar refractivity (Wildman–Crippen MR) is 81.3 cm³/mol. The molecule has 0 unspecified atom stereocenters. The highest BCUT2D eigenvalue weighted by Gasteiger charge is 2.19. The highest BCUT2D eigenvalue weighted by atomic mass is 32.2. The Bertz CT molecular complexity index is 401. The summed E-state index contributed by atoms with van der Waals surface area (Å²) in [6.07, 6.45) is 0.571. The lowest BCUT2D eigenvalue weighted by Gasteiger charge is -2.25. The SMILES string of the molecule is Cc1ccc(CSCC(=O)NC(C)(C)CCO)cc1. The summed E-state index contributed by atoms with van der Waals surface area (Å²) in [5.74, 6) is 1.31. The van der Waals surface area contributed by atoms with Crippen molar-refractivity contribution < 1.29 is 9.90 Å². The Hall–Kier alpha value is -1.00. The van der Waals surface area contributed by atoms with Crippen molar-refractivity contribution in [3.8, 4) is 0 Å². The van der Waals surface area contributed by atoms with Gasteiger partial charge in [-0.25, -0.2) is 0 Å². The van der Waals surface area contributed by atoms with E-state index < -0.39 is 0 Å². The Balaban J connectivity index is 2.29. The second-order valence-corrected chi connectivity index (χ2v) is 6.37. The van der Waals surface area contributed by atoms with Crippen LogP contribution in [0.4, 0.5) is 0 Å². The zero-order valence-corrected chi connectivity index (χ0v) is 12.7. The van der Waals surface area contributed by atoms with E-state index in [9.17, 15) is 4.79 Å². The Kier molecular flexibility index (Phi) is 6.38. The first kappa shape index (κ1) is 16.1. The van der Waals surface area contributed by atoms with Crippen LogP contribution in [0.3, 0.4) is 0 Å². The molecule has 1 aromatic rings. The van der Waals surface area contributed by atoms with Gasteiger partial charge in [-0.3, -0.25) is 4.79 Å². The van der Waals surface area contributed by atoms with Crippen molar-refractivity contribution in [3.63, 3.8) is 0 Å². The lowest BCUT2D eigenvalue weighted by atomic mass is 10.0. The smallest absolute Gasteiger partial charge is 0.230 e. The number of thioether (sulfide) groups is 1. The molecule has 0 bridgehead atoms. The molecule has 1 aromatic carbocycles. The van der Waals surface area contributed by atoms with Crippen LogP contribution in [0.15, 0.2) is 24.3 Å². The molecule has 0 fully saturated rings. The van der Waals surface area contributed by atoms with Crippen molar-refractivity contribution in [1.29, 1.82) is 0 Å². The number of aliphatic hydroxyl groups is 1. The lowest BCUT2D eigenvalue weighted by molar-refractivity contribution is -0.120. The van der Waals surface area contributed by atoms with Crippen LogP contribution in [-0.2, 0) is 10.5 Å². The summed E-state index contributed by atoms with van der Waals surface area (Å²) < 4.78 is 0. The zero-order chi connectivity index (χ0) is 14.3. The molecule has 0 aliphatic heterocycles. The minimum atomic E-state index is -0.337. The van der Waals surface area contributed by atoms with E-state index in [4.69, 9.17) is 5.11 Å². The molecule has 3 nitrogen and oxygen atoms in total. The zero-order valence-electron chi connectivity index (χ0n) is 11.9. The molecule has 0 saturated heterocycles. The van der Waals surface area contributed by atoms with E-state index in [1.807, 2.05) is 13.8 Å². The van der Waals surface area contributed by atoms with Crippen LogP contribution in [0.5, 0.6) is 0 Å².